The van der Waals surface area contributed by atoms with Crippen molar-refractivity contribution in [2.75, 3.05) is 5.32 Å². The van der Waals surface area contributed by atoms with Crippen molar-refractivity contribution in [1.29, 1.82) is 0 Å². The van der Waals surface area contributed by atoms with E-state index in [1.807, 2.05) is 48.5 Å². The molecule has 2 aromatic carbocycles. The number of para-hydroxylation sites is 1. The normalized spacial score (nSPS) is 13.1. The maximum atomic E-state index is 12.8. The van der Waals surface area contributed by atoms with Gasteiger partial charge in [0.25, 0.3) is 11.5 Å². The Bertz CT molecular complexity index is 1110. The predicted molar refractivity (Wildman–Crippen MR) is 109 cm³/mol. The fourth-order valence-electron chi connectivity index (χ4n) is 3.21. The summed E-state index contributed by atoms with van der Waals surface area (Å²) in [6, 6.07) is 18.7. The molecule has 140 valence electrons. The highest BCUT2D eigenvalue weighted by Gasteiger charge is 2.22. The molecule has 1 heterocycles. The van der Waals surface area contributed by atoms with Crippen LogP contribution in [0.15, 0.2) is 75.2 Å². The average molecular weight is 390 g/mol. The molecule has 3 aromatic rings. The number of aromatic amines is 1. The van der Waals surface area contributed by atoms with Crippen LogP contribution in [-0.2, 0) is 6.42 Å². The molecule has 0 unspecified atom stereocenters. The summed E-state index contributed by atoms with van der Waals surface area (Å²) >= 11 is 1.52. The van der Waals surface area contributed by atoms with Gasteiger partial charge in [-0.1, -0.05) is 42.1 Å². The van der Waals surface area contributed by atoms with E-state index in [1.54, 1.807) is 6.07 Å². The van der Waals surface area contributed by atoms with Crippen molar-refractivity contribution in [2.24, 2.45) is 0 Å². The number of rotatable bonds is 4. The maximum Gasteiger partial charge on any atom is 0.261 e. The third-order valence-corrected chi connectivity index (χ3v) is 5.69. The Kier molecular flexibility index (Phi) is 5.12. The molecule has 0 saturated heterocycles. The number of hydrogen-bond donors (Lipinski definition) is 2. The van der Waals surface area contributed by atoms with E-state index in [-0.39, 0.29) is 11.3 Å². The van der Waals surface area contributed by atoms with Crippen molar-refractivity contribution in [3.05, 3.63) is 87.8 Å². The molecule has 0 fully saturated rings. The highest BCUT2D eigenvalue weighted by atomic mass is 32.2. The lowest BCUT2D eigenvalue weighted by Crippen LogP contribution is -2.27. The fourth-order valence-corrected chi connectivity index (χ4v) is 4.13. The van der Waals surface area contributed by atoms with E-state index in [0.717, 1.165) is 16.2 Å². The number of aryl methyl sites for hydroxylation is 1. The molecule has 6 heteroatoms. The maximum absolute atomic E-state index is 12.8. The van der Waals surface area contributed by atoms with Gasteiger partial charge in [-0.3, -0.25) is 14.4 Å². The molecule has 0 atom stereocenters. The zero-order valence-corrected chi connectivity index (χ0v) is 15.8. The third kappa shape index (κ3) is 3.77. The number of carbonyl (C=O) groups is 2. The second kappa shape index (κ2) is 7.86. The topological polar surface area (TPSA) is 79.0 Å². The van der Waals surface area contributed by atoms with Gasteiger partial charge >= 0.3 is 0 Å². The van der Waals surface area contributed by atoms with Gasteiger partial charge in [-0.2, -0.15) is 0 Å². The zero-order chi connectivity index (χ0) is 19.5. The molecule has 0 spiro atoms. The third-order valence-electron chi connectivity index (χ3n) is 4.60. The number of anilines is 1. The van der Waals surface area contributed by atoms with E-state index in [2.05, 4.69) is 10.3 Å². The Balaban J connectivity index is 1.62. The number of H-pyrrole nitrogens is 1. The lowest BCUT2D eigenvalue weighted by atomic mass is 9.93. The lowest BCUT2D eigenvalue weighted by Gasteiger charge is -2.15. The van der Waals surface area contributed by atoms with Crippen molar-refractivity contribution in [2.45, 2.75) is 29.1 Å². The predicted octanol–water partition coefficient (Wildman–Crippen LogP) is 4.30. The van der Waals surface area contributed by atoms with Crippen LogP contribution < -0.4 is 10.9 Å². The highest BCUT2D eigenvalue weighted by Crippen LogP contribution is 2.33. The fraction of sp³-hybridized carbons (Fsp3) is 0.136. The van der Waals surface area contributed by atoms with Crippen LogP contribution in [0.5, 0.6) is 0 Å². The molecule has 2 N–H and O–H groups in total. The second-order valence-corrected chi connectivity index (χ2v) is 7.66. The summed E-state index contributed by atoms with van der Waals surface area (Å²) < 4.78 is 0. The van der Waals surface area contributed by atoms with E-state index in [4.69, 9.17) is 0 Å². The first kappa shape index (κ1) is 18.3. The summed E-state index contributed by atoms with van der Waals surface area (Å²) in [4.78, 5) is 41.9. The van der Waals surface area contributed by atoms with E-state index < -0.39 is 11.5 Å². The zero-order valence-electron chi connectivity index (χ0n) is 15.0. The van der Waals surface area contributed by atoms with Crippen LogP contribution >= 0.6 is 11.8 Å². The van der Waals surface area contributed by atoms with Crippen molar-refractivity contribution < 1.29 is 9.59 Å². The highest BCUT2D eigenvalue weighted by molar-refractivity contribution is 7.99. The van der Waals surface area contributed by atoms with Crippen molar-refractivity contribution >= 4 is 29.1 Å². The Labute approximate surface area is 166 Å². The number of carbonyl (C=O) groups excluding carboxylic acids is 2. The number of benzene rings is 2. The minimum absolute atomic E-state index is 0.0356. The number of hydrogen-bond acceptors (Lipinski definition) is 4. The van der Waals surface area contributed by atoms with Crippen molar-refractivity contribution in [3.63, 3.8) is 0 Å². The van der Waals surface area contributed by atoms with Crippen LogP contribution in [0.4, 0.5) is 5.69 Å². The average Bonchev–Trinajstić information content (AvgIpc) is 2.70. The van der Waals surface area contributed by atoms with E-state index in [1.165, 1.54) is 17.8 Å². The van der Waals surface area contributed by atoms with Gasteiger partial charge in [-0.05, 0) is 43.2 Å². The number of nitrogens with one attached hydrogen (secondary N) is 2. The molecule has 1 amide bonds. The van der Waals surface area contributed by atoms with Gasteiger partial charge < -0.3 is 10.3 Å². The summed E-state index contributed by atoms with van der Waals surface area (Å²) in [6.45, 7) is 0. The first-order valence-electron chi connectivity index (χ1n) is 9.04. The summed E-state index contributed by atoms with van der Waals surface area (Å²) in [5.74, 6) is -0.560. The Morgan fingerprint density at radius 3 is 2.54 bits per heavy atom. The molecular weight excluding hydrogens is 372 g/mol. The molecule has 28 heavy (non-hydrogen) atoms. The molecule has 4 rings (SSSR count). The standard InChI is InChI=1S/C22H18N2O3S/c25-19-11-6-10-17-15(19)13-16(21(26)23-17)22(27)24-18-9-4-5-12-20(18)28-14-7-2-1-3-8-14/h1-5,7-9,12-13H,6,10-11H2,(H,23,26)(H,24,27). The molecule has 0 aliphatic heterocycles. The second-order valence-electron chi connectivity index (χ2n) is 6.55. The molecule has 0 saturated carbocycles. The van der Waals surface area contributed by atoms with Crippen LogP contribution in [-0.4, -0.2) is 16.7 Å². The summed E-state index contributed by atoms with van der Waals surface area (Å²) in [5, 5.41) is 2.82. The Morgan fingerprint density at radius 2 is 1.71 bits per heavy atom. The van der Waals surface area contributed by atoms with Gasteiger partial charge in [-0.15, -0.1) is 0 Å². The number of Topliss-reactive ketones (excluding diaryl/α,β-unsaturated/α-hetero) is 1. The smallest absolute Gasteiger partial charge is 0.261 e. The minimum atomic E-state index is -0.525. The number of fused-ring (bicyclic) bond motifs is 1. The van der Waals surface area contributed by atoms with Gasteiger partial charge in [-0.25, -0.2) is 0 Å². The first-order chi connectivity index (χ1) is 13.6. The molecule has 0 radical (unpaired) electrons. The van der Waals surface area contributed by atoms with Gasteiger partial charge in [0, 0.05) is 27.5 Å². The SMILES string of the molecule is O=C1CCCc2[nH]c(=O)c(C(=O)Nc3ccccc3Sc3ccccc3)cc21. The van der Waals surface area contributed by atoms with E-state index >= 15 is 0 Å². The Hall–Kier alpha value is -3.12. The number of ketones is 1. The quantitative estimate of drug-likeness (QED) is 0.696. The molecular formula is C22H18N2O3S. The van der Waals surface area contributed by atoms with Crippen LogP contribution in [0.3, 0.4) is 0 Å². The van der Waals surface area contributed by atoms with Gasteiger partial charge in [0.2, 0.25) is 0 Å². The number of amides is 1. The Morgan fingerprint density at radius 1 is 0.964 bits per heavy atom. The van der Waals surface area contributed by atoms with Crippen LogP contribution in [0.1, 0.15) is 39.3 Å². The van der Waals surface area contributed by atoms with Crippen molar-refractivity contribution in [3.8, 4) is 0 Å². The van der Waals surface area contributed by atoms with Crippen LogP contribution in [0, 0.1) is 0 Å². The first-order valence-corrected chi connectivity index (χ1v) is 9.86. The van der Waals surface area contributed by atoms with Crippen LogP contribution in [0.2, 0.25) is 0 Å². The summed E-state index contributed by atoms with van der Waals surface area (Å²) in [6.07, 6.45) is 1.81. The summed E-state index contributed by atoms with van der Waals surface area (Å²) in [7, 11) is 0. The molecule has 0 bridgehead atoms. The van der Waals surface area contributed by atoms with Gasteiger partial charge in [0.1, 0.15) is 5.56 Å². The number of aromatic nitrogens is 1. The van der Waals surface area contributed by atoms with Gasteiger partial charge in [0.15, 0.2) is 5.78 Å². The lowest BCUT2D eigenvalue weighted by molar-refractivity contribution is 0.0971. The monoisotopic (exact) mass is 390 g/mol. The minimum Gasteiger partial charge on any atom is -0.325 e. The molecule has 1 aromatic heterocycles. The van der Waals surface area contributed by atoms with Crippen molar-refractivity contribution in [1.82, 2.24) is 4.98 Å². The molecule has 5 nitrogen and oxygen atoms in total. The van der Waals surface area contributed by atoms with Gasteiger partial charge in [0.05, 0.1) is 5.69 Å². The number of pyridine rings is 1. The summed E-state index contributed by atoms with van der Waals surface area (Å²) in [5.41, 5.74) is 1.17. The van der Waals surface area contributed by atoms with Crippen LogP contribution in [0.25, 0.3) is 0 Å². The van der Waals surface area contributed by atoms with E-state index in [0.29, 0.717) is 29.8 Å². The molecule has 1 aliphatic carbocycles. The van der Waals surface area contributed by atoms with E-state index in [9.17, 15) is 14.4 Å². The molecule has 1 aliphatic rings. The largest absolute Gasteiger partial charge is 0.325 e.